The zero-order valence-electron chi connectivity index (χ0n) is 11.7. The zero-order valence-corrected chi connectivity index (χ0v) is 11.7. The second-order valence-electron chi connectivity index (χ2n) is 5.00. The maximum atomic E-state index is 12.5. The third-order valence-electron chi connectivity index (χ3n) is 3.66. The number of rotatable bonds is 3. The number of aliphatic hydroxyl groups excluding tert-OH is 1. The molecule has 0 saturated carbocycles. The highest BCUT2D eigenvalue weighted by Gasteiger charge is 2.22. The number of amides is 1. The van der Waals surface area contributed by atoms with Gasteiger partial charge in [-0.1, -0.05) is 0 Å². The van der Waals surface area contributed by atoms with Gasteiger partial charge in [-0.15, -0.1) is 0 Å². The van der Waals surface area contributed by atoms with Crippen LogP contribution in [0.25, 0.3) is 0 Å². The summed E-state index contributed by atoms with van der Waals surface area (Å²) in [6, 6.07) is 7.24. The lowest BCUT2D eigenvalue weighted by Crippen LogP contribution is -2.49. The van der Waals surface area contributed by atoms with Crippen molar-refractivity contribution in [3.8, 4) is 6.07 Å². The van der Waals surface area contributed by atoms with Crippen LogP contribution in [0.5, 0.6) is 0 Å². The van der Waals surface area contributed by atoms with Crippen LogP contribution >= 0.6 is 0 Å². The first-order valence-corrected chi connectivity index (χ1v) is 6.79. The van der Waals surface area contributed by atoms with Crippen molar-refractivity contribution in [3.05, 3.63) is 34.9 Å². The van der Waals surface area contributed by atoms with Gasteiger partial charge >= 0.3 is 0 Å². The fourth-order valence-corrected chi connectivity index (χ4v) is 2.46. The van der Waals surface area contributed by atoms with E-state index in [-0.39, 0.29) is 12.5 Å². The van der Waals surface area contributed by atoms with Gasteiger partial charge in [0.2, 0.25) is 0 Å². The Morgan fingerprint density at radius 3 is 2.60 bits per heavy atom. The van der Waals surface area contributed by atoms with Crippen LogP contribution in [0, 0.1) is 18.3 Å². The average molecular weight is 273 g/mol. The van der Waals surface area contributed by atoms with Gasteiger partial charge in [0.05, 0.1) is 18.2 Å². The monoisotopic (exact) mass is 273 g/mol. The molecule has 106 valence electrons. The molecule has 1 amide bonds. The Morgan fingerprint density at radius 2 is 2.05 bits per heavy atom. The van der Waals surface area contributed by atoms with Crippen molar-refractivity contribution in [2.45, 2.75) is 6.92 Å². The van der Waals surface area contributed by atoms with Crippen LogP contribution in [0.4, 0.5) is 0 Å². The van der Waals surface area contributed by atoms with E-state index in [1.165, 1.54) is 0 Å². The molecule has 5 heteroatoms. The maximum absolute atomic E-state index is 12.5. The van der Waals surface area contributed by atoms with Gasteiger partial charge in [0.15, 0.2) is 0 Å². The number of carbonyl (C=O) groups is 1. The molecule has 0 aromatic heterocycles. The molecule has 0 bridgehead atoms. The van der Waals surface area contributed by atoms with E-state index in [1.807, 2.05) is 11.8 Å². The van der Waals surface area contributed by atoms with E-state index >= 15 is 0 Å². The minimum Gasteiger partial charge on any atom is -0.395 e. The van der Waals surface area contributed by atoms with Crippen molar-refractivity contribution in [1.29, 1.82) is 5.26 Å². The van der Waals surface area contributed by atoms with Crippen LogP contribution in [0.1, 0.15) is 21.5 Å². The molecule has 1 fully saturated rings. The number of nitrogens with zero attached hydrogens (tertiary/aromatic N) is 3. The molecular weight excluding hydrogens is 254 g/mol. The van der Waals surface area contributed by atoms with E-state index in [1.54, 1.807) is 18.2 Å². The lowest BCUT2D eigenvalue weighted by Gasteiger charge is -2.34. The Kier molecular flexibility index (Phi) is 4.72. The van der Waals surface area contributed by atoms with Gasteiger partial charge < -0.3 is 10.0 Å². The molecule has 0 unspecified atom stereocenters. The predicted octanol–water partition coefficient (Wildman–Crippen LogP) is 0.617. The number of piperazine rings is 1. The van der Waals surface area contributed by atoms with Crippen LogP contribution < -0.4 is 0 Å². The van der Waals surface area contributed by atoms with E-state index in [0.29, 0.717) is 30.8 Å². The van der Waals surface area contributed by atoms with E-state index in [9.17, 15) is 4.79 Å². The molecule has 1 saturated heterocycles. The number of hydrogen-bond acceptors (Lipinski definition) is 4. The minimum absolute atomic E-state index is 0.0237. The SMILES string of the molecule is Cc1cc(C#N)ccc1C(=O)N1CCN(CCO)CC1. The van der Waals surface area contributed by atoms with Crippen molar-refractivity contribution in [2.75, 3.05) is 39.3 Å². The van der Waals surface area contributed by atoms with Crippen LogP contribution in [0.2, 0.25) is 0 Å². The minimum atomic E-state index is 0.0237. The van der Waals surface area contributed by atoms with Gasteiger partial charge in [-0.2, -0.15) is 5.26 Å². The highest BCUT2D eigenvalue weighted by atomic mass is 16.3. The van der Waals surface area contributed by atoms with Crippen molar-refractivity contribution in [3.63, 3.8) is 0 Å². The summed E-state index contributed by atoms with van der Waals surface area (Å²) in [6.45, 7) is 5.62. The summed E-state index contributed by atoms with van der Waals surface area (Å²) in [5.74, 6) is 0.0237. The molecule has 0 spiro atoms. The number of carbonyl (C=O) groups excluding carboxylic acids is 1. The topological polar surface area (TPSA) is 67.6 Å². The number of hydrogen-bond donors (Lipinski definition) is 1. The van der Waals surface area contributed by atoms with E-state index < -0.39 is 0 Å². The first-order valence-electron chi connectivity index (χ1n) is 6.79. The highest BCUT2D eigenvalue weighted by Crippen LogP contribution is 2.14. The molecule has 1 N–H and O–H groups in total. The van der Waals surface area contributed by atoms with Gasteiger partial charge in [-0.3, -0.25) is 9.69 Å². The molecule has 1 heterocycles. The third kappa shape index (κ3) is 3.16. The van der Waals surface area contributed by atoms with Crippen molar-refractivity contribution >= 4 is 5.91 Å². The fraction of sp³-hybridized carbons (Fsp3) is 0.467. The molecule has 0 aliphatic carbocycles. The van der Waals surface area contributed by atoms with Gasteiger partial charge in [0.25, 0.3) is 5.91 Å². The summed E-state index contributed by atoms with van der Waals surface area (Å²) >= 11 is 0. The summed E-state index contributed by atoms with van der Waals surface area (Å²) < 4.78 is 0. The molecule has 5 nitrogen and oxygen atoms in total. The molecule has 2 rings (SSSR count). The van der Waals surface area contributed by atoms with Crippen LogP contribution in [-0.2, 0) is 0 Å². The molecule has 20 heavy (non-hydrogen) atoms. The molecule has 0 atom stereocenters. The average Bonchev–Trinajstić information content (AvgIpc) is 2.47. The molecule has 1 aliphatic rings. The number of aryl methyl sites for hydroxylation is 1. The Bertz CT molecular complexity index is 528. The highest BCUT2D eigenvalue weighted by molar-refractivity contribution is 5.95. The maximum Gasteiger partial charge on any atom is 0.254 e. The third-order valence-corrected chi connectivity index (χ3v) is 3.66. The van der Waals surface area contributed by atoms with E-state index in [2.05, 4.69) is 11.0 Å². The molecule has 1 aliphatic heterocycles. The second-order valence-corrected chi connectivity index (χ2v) is 5.00. The van der Waals surface area contributed by atoms with Crippen molar-refractivity contribution in [1.82, 2.24) is 9.80 Å². The summed E-state index contributed by atoms with van der Waals surface area (Å²) in [4.78, 5) is 16.4. The molecule has 1 aromatic rings. The van der Waals surface area contributed by atoms with Crippen LogP contribution in [-0.4, -0.2) is 60.1 Å². The van der Waals surface area contributed by atoms with Crippen LogP contribution in [0.15, 0.2) is 18.2 Å². The quantitative estimate of drug-likeness (QED) is 0.876. The fourth-order valence-electron chi connectivity index (χ4n) is 2.46. The number of benzene rings is 1. The Labute approximate surface area is 119 Å². The summed E-state index contributed by atoms with van der Waals surface area (Å²) in [5, 5.41) is 17.8. The van der Waals surface area contributed by atoms with E-state index in [0.717, 1.165) is 18.7 Å². The van der Waals surface area contributed by atoms with Gasteiger partial charge in [0.1, 0.15) is 0 Å². The lowest BCUT2D eigenvalue weighted by atomic mass is 10.0. The van der Waals surface area contributed by atoms with Crippen molar-refractivity contribution < 1.29 is 9.90 Å². The second kappa shape index (κ2) is 6.51. The normalized spacial score (nSPS) is 15.9. The van der Waals surface area contributed by atoms with E-state index in [4.69, 9.17) is 10.4 Å². The largest absolute Gasteiger partial charge is 0.395 e. The lowest BCUT2D eigenvalue weighted by molar-refractivity contribution is 0.0614. The number of nitriles is 1. The molecular formula is C15H19N3O2. The number of aliphatic hydroxyl groups is 1. The van der Waals surface area contributed by atoms with Gasteiger partial charge in [0, 0.05) is 38.3 Å². The Hall–Kier alpha value is -1.90. The smallest absolute Gasteiger partial charge is 0.254 e. The first kappa shape index (κ1) is 14.5. The summed E-state index contributed by atoms with van der Waals surface area (Å²) in [6.07, 6.45) is 0. The first-order chi connectivity index (χ1) is 9.65. The zero-order chi connectivity index (χ0) is 14.5. The summed E-state index contributed by atoms with van der Waals surface area (Å²) in [5.41, 5.74) is 2.08. The predicted molar refractivity (Wildman–Crippen MR) is 75.3 cm³/mol. The Morgan fingerprint density at radius 1 is 1.35 bits per heavy atom. The van der Waals surface area contributed by atoms with Gasteiger partial charge in [-0.25, -0.2) is 0 Å². The van der Waals surface area contributed by atoms with Crippen LogP contribution in [0.3, 0.4) is 0 Å². The molecule has 1 aromatic carbocycles. The molecule has 0 radical (unpaired) electrons. The standard InChI is InChI=1S/C15H19N3O2/c1-12-10-13(11-16)2-3-14(12)15(20)18-6-4-17(5-7-18)8-9-19/h2-3,10,19H,4-9H2,1H3. The van der Waals surface area contributed by atoms with Crippen molar-refractivity contribution in [2.24, 2.45) is 0 Å². The summed E-state index contributed by atoms with van der Waals surface area (Å²) in [7, 11) is 0. The number of β-amino-alcohol motifs (C(OH)–C–C–N with tert-alkyl or cyclic N) is 1. The van der Waals surface area contributed by atoms with Gasteiger partial charge in [-0.05, 0) is 30.7 Å². The Balaban J connectivity index is 2.04.